The first-order valence-corrected chi connectivity index (χ1v) is 6.70. The molecule has 0 spiro atoms. The van der Waals surface area contributed by atoms with Gasteiger partial charge in [-0.1, -0.05) is 28.9 Å². The summed E-state index contributed by atoms with van der Waals surface area (Å²) < 4.78 is 44.0. The van der Waals surface area contributed by atoms with Crippen LogP contribution in [0.4, 0.5) is 19.0 Å². The molecular weight excluding hydrogens is 309 g/mol. The summed E-state index contributed by atoms with van der Waals surface area (Å²) in [6, 6.07) is 9.79. The molecule has 0 saturated carbocycles. The molecule has 0 saturated heterocycles. The average molecular weight is 320 g/mol. The Morgan fingerprint density at radius 3 is 2.65 bits per heavy atom. The molecule has 1 aromatic heterocycles. The zero-order valence-corrected chi connectivity index (χ0v) is 11.9. The number of aromatic nitrogens is 1. The Balaban J connectivity index is 1.97. The van der Waals surface area contributed by atoms with Gasteiger partial charge in [-0.2, -0.15) is 13.2 Å². The van der Waals surface area contributed by atoms with E-state index in [1.807, 2.05) is 6.92 Å². The van der Waals surface area contributed by atoms with E-state index >= 15 is 0 Å². The maximum Gasteiger partial charge on any atom is 0.417 e. The number of nitrogens with zero attached hydrogens (tertiary/aromatic N) is 1. The third kappa shape index (κ3) is 2.90. The van der Waals surface area contributed by atoms with Gasteiger partial charge in [0.2, 0.25) is 0 Å². The number of alkyl halides is 3. The van der Waals surface area contributed by atoms with Crippen LogP contribution in [0.3, 0.4) is 0 Å². The summed E-state index contributed by atoms with van der Waals surface area (Å²) in [4.78, 5) is 12.2. The Morgan fingerprint density at radius 1 is 1.17 bits per heavy atom. The molecule has 1 heterocycles. The van der Waals surface area contributed by atoms with Gasteiger partial charge in [0.15, 0.2) is 11.4 Å². The maximum atomic E-state index is 13.0. The molecule has 23 heavy (non-hydrogen) atoms. The van der Waals surface area contributed by atoms with Crippen LogP contribution in [0.25, 0.3) is 11.0 Å². The van der Waals surface area contributed by atoms with Gasteiger partial charge >= 0.3 is 6.18 Å². The smallest absolute Gasteiger partial charge is 0.354 e. The summed E-state index contributed by atoms with van der Waals surface area (Å²) in [7, 11) is 0. The van der Waals surface area contributed by atoms with Crippen molar-refractivity contribution in [1.82, 2.24) is 5.16 Å². The fourth-order valence-electron chi connectivity index (χ4n) is 2.25. The van der Waals surface area contributed by atoms with Crippen LogP contribution in [0.2, 0.25) is 0 Å². The fourth-order valence-corrected chi connectivity index (χ4v) is 2.25. The molecule has 0 bridgehead atoms. The predicted molar refractivity (Wildman–Crippen MR) is 78.1 cm³/mol. The van der Waals surface area contributed by atoms with Crippen LogP contribution in [0.5, 0.6) is 0 Å². The van der Waals surface area contributed by atoms with Crippen molar-refractivity contribution >= 4 is 22.7 Å². The number of nitrogens with one attached hydrogen (secondary N) is 1. The molecule has 0 radical (unpaired) electrons. The van der Waals surface area contributed by atoms with Crippen molar-refractivity contribution < 1.29 is 22.5 Å². The summed E-state index contributed by atoms with van der Waals surface area (Å²) in [6.07, 6.45) is -4.61. The number of hydrogen-bond acceptors (Lipinski definition) is 3. The Labute approximate surface area is 128 Å². The standard InChI is InChI=1S/C16H11F3N2O2/c1-9-6-7-13-11(8-9)14(21-23-13)20-15(22)10-4-2-3-5-12(10)16(17,18)19/h2-8H,1H3,(H,20,21,22). The number of rotatable bonds is 2. The first-order chi connectivity index (χ1) is 10.9. The highest BCUT2D eigenvalue weighted by molar-refractivity contribution is 6.08. The lowest BCUT2D eigenvalue weighted by atomic mass is 10.1. The summed E-state index contributed by atoms with van der Waals surface area (Å²) in [6.45, 7) is 1.84. The van der Waals surface area contributed by atoms with E-state index in [9.17, 15) is 18.0 Å². The molecule has 0 aliphatic rings. The summed E-state index contributed by atoms with van der Waals surface area (Å²) in [5, 5.41) is 6.61. The summed E-state index contributed by atoms with van der Waals surface area (Å²) in [5.74, 6) is -0.805. The van der Waals surface area contributed by atoms with E-state index in [-0.39, 0.29) is 5.82 Å². The SMILES string of the molecule is Cc1ccc2onc(NC(=O)c3ccccc3C(F)(F)F)c2c1. The number of amides is 1. The maximum absolute atomic E-state index is 13.0. The molecule has 0 aliphatic heterocycles. The molecule has 0 aliphatic carbocycles. The molecule has 0 atom stereocenters. The zero-order chi connectivity index (χ0) is 16.6. The Kier molecular flexibility index (Phi) is 3.55. The van der Waals surface area contributed by atoms with Gasteiger partial charge in [-0.15, -0.1) is 0 Å². The number of hydrogen-bond donors (Lipinski definition) is 1. The van der Waals surface area contributed by atoms with Gasteiger partial charge in [-0.25, -0.2) is 0 Å². The van der Waals surface area contributed by atoms with E-state index in [0.717, 1.165) is 17.7 Å². The predicted octanol–water partition coefficient (Wildman–Crippen LogP) is 4.41. The van der Waals surface area contributed by atoms with E-state index in [0.29, 0.717) is 11.0 Å². The van der Waals surface area contributed by atoms with Crippen molar-refractivity contribution in [2.45, 2.75) is 13.1 Å². The van der Waals surface area contributed by atoms with Crippen molar-refractivity contribution in [3.05, 3.63) is 59.2 Å². The number of benzene rings is 2. The highest BCUT2D eigenvalue weighted by atomic mass is 19.4. The lowest BCUT2D eigenvalue weighted by Crippen LogP contribution is -2.18. The Morgan fingerprint density at radius 2 is 1.91 bits per heavy atom. The van der Waals surface area contributed by atoms with Crippen molar-refractivity contribution in [1.29, 1.82) is 0 Å². The van der Waals surface area contributed by atoms with Crippen molar-refractivity contribution in [2.75, 3.05) is 5.32 Å². The minimum absolute atomic E-state index is 0.0886. The zero-order valence-electron chi connectivity index (χ0n) is 11.9. The normalized spacial score (nSPS) is 11.7. The van der Waals surface area contributed by atoms with Crippen LogP contribution in [-0.4, -0.2) is 11.1 Å². The monoisotopic (exact) mass is 320 g/mol. The van der Waals surface area contributed by atoms with E-state index < -0.39 is 23.2 Å². The van der Waals surface area contributed by atoms with Crippen molar-refractivity contribution in [3.63, 3.8) is 0 Å². The number of fused-ring (bicyclic) bond motifs is 1. The second-order valence-corrected chi connectivity index (χ2v) is 5.03. The summed E-state index contributed by atoms with van der Waals surface area (Å²) >= 11 is 0. The molecule has 2 aromatic carbocycles. The number of anilines is 1. The molecule has 1 amide bonds. The highest BCUT2D eigenvalue weighted by Gasteiger charge is 2.35. The van der Waals surface area contributed by atoms with Crippen LogP contribution in [-0.2, 0) is 6.18 Å². The second-order valence-electron chi connectivity index (χ2n) is 5.03. The van der Waals surface area contributed by atoms with E-state index in [2.05, 4.69) is 10.5 Å². The molecule has 1 N–H and O–H groups in total. The fraction of sp³-hybridized carbons (Fsp3) is 0.125. The molecular formula is C16H11F3N2O2. The third-order valence-corrected chi connectivity index (χ3v) is 3.33. The van der Waals surface area contributed by atoms with E-state index in [1.165, 1.54) is 12.1 Å². The first-order valence-electron chi connectivity index (χ1n) is 6.70. The molecule has 3 rings (SSSR count). The first kappa shape index (κ1) is 15.1. The molecule has 7 heteroatoms. The van der Waals surface area contributed by atoms with Crippen LogP contribution in [0, 0.1) is 6.92 Å². The highest BCUT2D eigenvalue weighted by Crippen LogP contribution is 2.32. The summed E-state index contributed by atoms with van der Waals surface area (Å²) in [5.41, 5.74) is -0.118. The van der Waals surface area contributed by atoms with Crippen molar-refractivity contribution in [2.24, 2.45) is 0 Å². The Bertz CT molecular complexity index is 884. The number of carbonyl (C=O) groups excluding carboxylic acids is 1. The van der Waals surface area contributed by atoms with Crippen LogP contribution >= 0.6 is 0 Å². The van der Waals surface area contributed by atoms with Gasteiger partial charge in [0, 0.05) is 0 Å². The molecule has 118 valence electrons. The van der Waals surface area contributed by atoms with Crippen LogP contribution in [0.1, 0.15) is 21.5 Å². The minimum atomic E-state index is -4.61. The topological polar surface area (TPSA) is 55.1 Å². The third-order valence-electron chi connectivity index (χ3n) is 3.33. The van der Waals surface area contributed by atoms with Gasteiger partial charge in [0.1, 0.15) is 0 Å². The van der Waals surface area contributed by atoms with Gasteiger partial charge in [0.25, 0.3) is 5.91 Å². The van der Waals surface area contributed by atoms with Crippen LogP contribution < -0.4 is 5.32 Å². The van der Waals surface area contributed by atoms with Crippen LogP contribution in [0.15, 0.2) is 47.0 Å². The minimum Gasteiger partial charge on any atom is -0.354 e. The average Bonchev–Trinajstić information content (AvgIpc) is 2.88. The lowest BCUT2D eigenvalue weighted by Gasteiger charge is -2.11. The largest absolute Gasteiger partial charge is 0.417 e. The molecule has 0 fully saturated rings. The van der Waals surface area contributed by atoms with Gasteiger partial charge in [-0.3, -0.25) is 4.79 Å². The van der Waals surface area contributed by atoms with Crippen molar-refractivity contribution in [3.8, 4) is 0 Å². The van der Waals surface area contributed by atoms with E-state index in [1.54, 1.807) is 18.2 Å². The van der Waals surface area contributed by atoms with E-state index in [4.69, 9.17) is 4.52 Å². The van der Waals surface area contributed by atoms with Gasteiger partial charge in [0.05, 0.1) is 16.5 Å². The Hall–Kier alpha value is -2.83. The van der Waals surface area contributed by atoms with Gasteiger partial charge < -0.3 is 9.84 Å². The van der Waals surface area contributed by atoms with Gasteiger partial charge in [-0.05, 0) is 31.2 Å². The molecule has 0 unspecified atom stereocenters. The number of carbonyl (C=O) groups is 1. The number of aryl methyl sites for hydroxylation is 1. The lowest BCUT2D eigenvalue weighted by molar-refractivity contribution is -0.137. The number of halogens is 3. The molecule has 3 aromatic rings. The second kappa shape index (κ2) is 5.42. The quantitative estimate of drug-likeness (QED) is 0.761. The molecule has 4 nitrogen and oxygen atoms in total.